The van der Waals surface area contributed by atoms with Crippen molar-refractivity contribution in [3.05, 3.63) is 35.5 Å². The Morgan fingerprint density at radius 3 is 2.70 bits per heavy atom. The molecular formula is C20H29N5O2. The Labute approximate surface area is 160 Å². The van der Waals surface area contributed by atoms with Crippen LogP contribution < -0.4 is 5.32 Å². The number of carbonyl (C=O) groups excluding carboxylic acids is 1. The van der Waals surface area contributed by atoms with Crippen molar-refractivity contribution >= 4 is 23.0 Å². The number of aromatic amines is 1. The van der Waals surface area contributed by atoms with Gasteiger partial charge in [-0.2, -0.15) is 0 Å². The van der Waals surface area contributed by atoms with Crippen LogP contribution in [-0.4, -0.2) is 73.2 Å². The molecule has 0 bridgehead atoms. The summed E-state index contributed by atoms with van der Waals surface area (Å²) in [5, 5.41) is 4.78. The number of ether oxygens (including phenoxy) is 1. The van der Waals surface area contributed by atoms with Gasteiger partial charge in [0.05, 0.1) is 6.61 Å². The number of nitrogens with zero attached hydrogens (tertiary/aromatic N) is 3. The van der Waals surface area contributed by atoms with Gasteiger partial charge in [0.25, 0.3) is 0 Å². The van der Waals surface area contributed by atoms with E-state index in [2.05, 4.69) is 51.5 Å². The fraction of sp³-hybridized carbons (Fsp3) is 0.500. The third-order valence-electron chi connectivity index (χ3n) is 4.99. The molecule has 1 aromatic heterocycles. The number of amides is 1. The molecule has 0 unspecified atom stereocenters. The molecule has 2 heterocycles. The molecule has 1 aromatic carbocycles. The monoisotopic (exact) mass is 371 g/mol. The second kappa shape index (κ2) is 8.79. The van der Waals surface area contributed by atoms with Gasteiger partial charge in [0.2, 0.25) is 0 Å². The van der Waals surface area contributed by atoms with Gasteiger partial charge in [-0.15, -0.1) is 0 Å². The lowest BCUT2D eigenvalue weighted by molar-refractivity contribution is 0.0915. The van der Waals surface area contributed by atoms with E-state index in [1.54, 1.807) is 11.9 Å². The normalized spacial score (nSPS) is 15.3. The van der Waals surface area contributed by atoms with Gasteiger partial charge in [0, 0.05) is 56.9 Å². The third kappa shape index (κ3) is 4.35. The standard InChI is InChI=1S/C20H29N5O2/c1-4-27-20(26)25-12-10-24(11-13-25)19(21-3)22-9-8-16-14-23-17-7-5-6-15(2)18(16)17/h5-7,14,23H,4,8-13H2,1-3H3,(H,21,22). The zero-order valence-corrected chi connectivity index (χ0v) is 16.4. The predicted molar refractivity (Wildman–Crippen MR) is 108 cm³/mol. The number of hydrogen-bond donors (Lipinski definition) is 2. The number of aliphatic imine (C=N–C) groups is 1. The van der Waals surface area contributed by atoms with Crippen LogP contribution in [0.5, 0.6) is 0 Å². The van der Waals surface area contributed by atoms with Crippen molar-refractivity contribution in [2.45, 2.75) is 20.3 Å². The van der Waals surface area contributed by atoms with Gasteiger partial charge in [-0.1, -0.05) is 12.1 Å². The van der Waals surface area contributed by atoms with E-state index in [0.717, 1.165) is 32.0 Å². The van der Waals surface area contributed by atoms with Crippen molar-refractivity contribution in [1.82, 2.24) is 20.1 Å². The first kappa shape index (κ1) is 19.1. The summed E-state index contributed by atoms with van der Waals surface area (Å²) in [6, 6.07) is 6.34. The second-order valence-electron chi connectivity index (χ2n) is 6.71. The van der Waals surface area contributed by atoms with Crippen molar-refractivity contribution in [2.75, 3.05) is 46.4 Å². The first-order valence-corrected chi connectivity index (χ1v) is 9.57. The minimum Gasteiger partial charge on any atom is -0.450 e. The zero-order chi connectivity index (χ0) is 19.2. The van der Waals surface area contributed by atoms with Gasteiger partial charge in [0.15, 0.2) is 5.96 Å². The number of aryl methyl sites for hydroxylation is 1. The molecule has 0 saturated carbocycles. The van der Waals surface area contributed by atoms with E-state index in [-0.39, 0.29) is 6.09 Å². The van der Waals surface area contributed by atoms with Gasteiger partial charge in [-0.3, -0.25) is 4.99 Å². The van der Waals surface area contributed by atoms with Crippen LogP contribution in [0.15, 0.2) is 29.4 Å². The molecule has 1 saturated heterocycles. The summed E-state index contributed by atoms with van der Waals surface area (Å²) in [5.41, 5.74) is 3.80. The summed E-state index contributed by atoms with van der Waals surface area (Å²) in [6.07, 6.45) is 2.79. The molecule has 0 aliphatic carbocycles. The third-order valence-corrected chi connectivity index (χ3v) is 4.99. The van der Waals surface area contributed by atoms with Crippen LogP contribution in [0.4, 0.5) is 4.79 Å². The molecule has 0 atom stereocenters. The molecule has 7 nitrogen and oxygen atoms in total. The van der Waals surface area contributed by atoms with E-state index in [4.69, 9.17) is 4.74 Å². The van der Waals surface area contributed by atoms with Gasteiger partial charge >= 0.3 is 6.09 Å². The van der Waals surface area contributed by atoms with Crippen molar-refractivity contribution in [3.63, 3.8) is 0 Å². The van der Waals surface area contributed by atoms with Crippen LogP contribution in [-0.2, 0) is 11.2 Å². The Morgan fingerprint density at radius 1 is 1.26 bits per heavy atom. The van der Waals surface area contributed by atoms with Crippen molar-refractivity contribution in [2.24, 2.45) is 4.99 Å². The fourth-order valence-electron chi connectivity index (χ4n) is 3.61. The highest BCUT2D eigenvalue weighted by Crippen LogP contribution is 2.22. The molecule has 1 aliphatic heterocycles. The zero-order valence-electron chi connectivity index (χ0n) is 16.4. The van der Waals surface area contributed by atoms with E-state index in [1.807, 2.05) is 6.92 Å². The number of carbonyl (C=O) groups is 1. The molecule has 146 valence electrons. The number of H-pyrrole nitrogens is 1. The molecule has 0 radical (unpaired) electrons. The largest absolute Gasteiger partial charge is 0.450 e. The van der Waals surface area contributed by atoms with Crippen LogP contribution in [0.3, 0.4) is 0 Å². The van der Waals surface area contributed by atoms with E-state index in [9.17, 15) is 4.79 Å². The van der Waals surface area contributed by atoms with Gasteiger partial charge in [-0.25, -0.2) is 4.79 Å². The molecule has 2 aromatic rings. The Hall–Kier alpha value is -2.70. The molecule has 7 heteroatoms. The number of aromatic nitrogens is 1. The van der Waals surface area contributed by atoms with Crippen LogP contribution in [0.25, 0.3) is 10.9 Å². The van der Waals surface area contributed by atoms with Crippen LogP contribution in [0.2, 0.25) is 0 Å². The number of nitrogens with one attached hydrogen (secondary N) is 2. The maximum absolute atomic E-state index is 11.8. The average molecular weight is 371 g/mol. The maximum atomic E-state index is 11.8. The smallest absolute Gasteiger partial charge is 0.409 e. The minimum atomic E-state index is -0.227. The number of hydrogen-bond acceptors (Lipinski definition) is 3. The molecule has 1 fully saturated rings. The van der Waals surface area contributed by atoms with Crippen LogP contribution in [0.1, 0.15) is 18.1 Å². The lowest BCUT2D eigenvalue weighted by Gasteiger charge is -2.35. The molecule has 2 N–H and O–H groups in total. The molecule has 1 aliphatic rings. The fourth-order valence-corrected chi connectivity index (χ4v) is 3.61. The summed E-state index contributed by atoms with van der Waals surface area (Å²) in [6.45, 7) is 8.02. The highest BCUT2D eigenvalue weighted by Gasteiger charge is 2.23. The SMILES string of the molecule is CCOC(=O)N1CCN(C(=NC)NCCc2c[nH]c3cccc(C)c23)CC1. The summed E-state index contributed by atoms with van der Waals surface area (Å²) in [7, 11) is 1.80. The first-order chi connectivity index (χ1) is 13.1. The lowest BCUT2D eigenvalue weighted by atomic mass is 10.1. The summed E-state index contributed by atoms with van der Waals surface area (Å²) in [5.74, 6) is 0.884. The molecular weight excluding hydrogens is 342 g/mol. The number of fused-ring (bicyclic) bond motifs is 1. The van der Waals surface area contributed by atoms with E-state index in [1.165, 1.54) is 22.0 Å². The van der Waals surface area contributed by atoms with Gasteiger partial charge in [-0.05, 0) is 37.5 Å². The van der Waals surface area contributed by atoms with E-state index in [0.29, 0.717) is 19.7 Å². The number of piperazine rings is 1. The Balaban J connectivity index is 1.52. The Bertz CT molecular complexity index is 806. The van der Waals surface area contributed by atoms with Crippen molar-refractivity contribution in [3.8, 4) is 0 Å². The quantitative estimate of drug-likeness (QED) is 0.639. The van der Waals surface area contributed by atoms with Crippen LogP contribution >= 0.6 is 0 Å². The molecule has 3 rings (SSSR count). The van der Waals surface area contributed by atoms with E-state index < -0.39 is 0 Å². The highest BCUT2D eigenvalue weighted by molar-refractivity contribution is 5.86. The Kier molecular flexibility index (Phi) is 6.21. The second-order valence-corrected chi connectivity index (χ2v) is 6.71. The minimum absolute atomic E-state index is 0.227. The highest BCUT2D eigenvalue weighted by atomic mass is 16.6. The average Bonchev–Trinajstić information content (AvgIpc) is 3.10. The Morgan fingerprint density at radius 2 is 2.00 bits per heavy atom. The topological polar surface area (TPSA) is 73.0 Å². The van der Waals surface area contributed by atoms with Crippen molar-refractivity contribution < 1.29 is 9.53 Å². The summed E-state index contributed by atoms with van der Waals surface area (Å²) < 4.78 is 5.07. The number of guanidine groups is 1. The molecule has 27 heavy (non-hydrogen) atoms. The predicted octanol–water partition coefficient (Wildman–Crippen LogP) is 2.37. The number of rotatable bonds is 4. The lowest BCUT2D eigenvalue weighted by Crippen LogP contribution is -2.54. The molecule has 1 amide bonds. The van der Waals surface area contributed by atoms with Gasteiger partial charge < -0.3 is 24.8 Å². The first-order valence-electron chi connectivity index (χ1n) is 9.57. The van der Waals surface area contributed by atoms with Crippen LogP contribution in [0, 0.1) is 6.92 Å². The van der Waals surface area contributed by atoms with Crippen molar-refractivity contribution in [1.29, 1.82) is 0 Å². The maximum Gasteiger partial charge on any atom is 0.409 e. The summed E-state index contributed by atoms with van der Waals surface area (Å²) in [4.78, 5) is 23.5. The van der Waals surface area contributed by atoms with E-state index >= 15 is 0 Å². The van der Waals surface area contributed by atoms with Gasteiger partial charge in [0.1, 0.15) is 0 Å². The molecule has 0 spiro atoms. The number of benzene rings is 1. The summed E-state index contributed by atoms with van der Waals surface area (Å²) >= 11 is 0.